The molecule has 0 radical (unpaired) electrons. The van der Waals surface area contributed by atoms with Gasteiger partial charge < -0.3 is 14.2 Å². The van der Waals surface area contributed by atoms with Gasteiger partial charge in [-0.05, 0) is 29.3 Å². The Kier molecular flexibility index (Phi) is 6.15. The van der Waals surface area contributed by atoms with Gasteiger partial charge in [0.25, 0.3) is 0 Å². The number of methoxy groups -OCH3 is 2. The molecule has 0 aliphatic carbocycles. The highest BCUT2D eigenvalue weighted by atomic mass is 32.2. The van der Waals surface area contributed by atoms with Crippen LogP contribution in [0.2, 0.25) is 0 Å². The van der Waals surface area contributed by atoms with Crippen molar-refractivity contribution < 1.29 is 31.0 Å². The van der Waals surface area contributed by atoms with Crippen molar-refractivity contribution >= 4 is 20.0 Å². The number of hydrogen-bond acceptors (Lipinski definition) is 7. The average molecular weight is 443 g/mol. The summed E-state index contributed by atoms with van der Waals surface area (Å²) in [5.41, 5.74) is 0.994. The van der Waals surface area contributed by atoms with E-state index in [1.54, 1.807) is 12.1 Å². The molecule has 158 valence electrons. The fourth-order valence-electron chi connectivity index (χ4n) is 3.11. The number of fused-ring (bicyclic) bond motifs is 1. The third-order valence-electron chi connectivity index (χ3n) is 4.54. The van der Waals surface area contributed by atoms with E-state index < -0.39 is 20.0 Å². The molecule has 3 rings (SSSR count). The zero-order chi connectivity index (χ0) is 21.2. The number of rotatable bonds is 8. The van der Waals surface area contributed by atoms with E-state index in [2.05, 4.69) is 0 Å². The minimum atomic E-state index is -3.96. The summed E-state index contributed by atoms with van der Waals surface area (Å²) in [4.78, 5) is -0.0540. The molecule has 0 bridgehead atoms. The van der Waals surface area contributed by atoms with Gasteiger partial charge in [0.2, 0.25) is 20.0 Å². The van der Waals surface area contributed by atoms with Gasteiger partial charge in [-0.3, -0.25) is 0 Å². The Balaban J connectivity index is 1.93. The van der Waals surface area contributed by atoms with Crippen molar-refractivity contribution in [2.24, 2.45) is 5.14 Å². The molecular weight excluding hydrogens is 420 g/mol. The van der Waals surface area contributed by atoms with Crippen molar-refractivity contribution in [3.63, 3.8) is 0 Å². The van der Waals surface area contributed by atoms with Gasteiger partial charge in [0, 0.05) is 26.3 Å². The van der Waals surface area contributed by atoms with Crippen LogP contribution in [0.5, 0.6) is 11.5 Å². The minimum absolute atomic E-state index is 0.00989. The molecule has 0 atom stereocenters. The summed E-state index contributed by atoms with van der Waals surface area (Å²) < 4.78 is 66.9. The fourth-order valence-corrected chi connectivity index (χ4v) is 5.32. The molecule has 0 amide bonds. The molecule has 9 nitrogen and oxygen atoms in total. The molecule has 0 spiro atoms. The summed E-state index contributed by atoms with van der Waals surface area (Å²) in [6.45, 7) is 0.518. The van der Waals surface area contributed by atoms with Crippen LogP contribution in [0, 0.1) is 0 Å². The van der Waals surface area contributed by atoms with Crippen LogP contribution in [0.15, 0.2) is 46.2 Å². The van der Waals surface area contributed by atoms with E-state index in [1.165, 1.54) is 42.8 Å². The summed E-state index contributed by atoms with van der Waals surface area (Å²) in [5, 5.41) is 5.27. The highest BCUT2D eigenvalue weighted by Gasteiger charge is 2.34. The van der Waals surface area contributed by atoms with Crippen LogP contribution < -0.4 is 14.6 Å². The number of nitrogens with two attached hydrogens (primary N) is 1. The maximum atomic E-state index is 13.2. The molecule has 0 saturated carbocycles. The van der Waals surface area contributed by atoms with Crippen molar-refractivity contribution in [1.82, 2.24) is 4.31 Å². The zero-order valence-corrected chi connectivity index (χ0v) is 17.6. The Morgan fingerprint density at radius 2 is 1.76 bits per heavy atom. The summed E-state index contributed by atoms with van der Waals surface area (Å²) in [5.74, 6) is 0.661. The van der Waals surface area contributed by atoms with E-state index in [4.69, 9.17) is 19.3 Å². The first-order valence-corrected chi connectivity index (χ1v) is 11.6. The van der Waals surface area contributed by atoms with Crippen molar-refractivity contribution in [3.8, 4) is 11.5 Å². The monoisotopic (exact) mass is 442 g/mol. The van der Waals surface area contributed by atoms with Crippen LogP contribution in [0.25, 0.3) is 0 Å². The SMILES string of the molecule is COCCOc1cc(S(=O)(=O)N2Cc3cccc(S(N)(=O)=O)c3C2)ccc1OC. The second kappa shape index (κ2) is 8.28. The van der Waals surface area contributed by atoms with Crippen LogP contribution >= 0.6 is 0 Å². The van der Waals surface area contributed by atoms with Crippen LogP contribution in [-0.4, -0.2) is 48.6 Å². The predicted molar refractivity (Wildman–Crippen MR) is 105 cm³/mol. The topological polar surface area (TPSA) is 125 Å². The lowest BCUT2D eigenvalue weighted by Crippen LogP contribution is -2.26. The van der Waals surface area contributed by atoms with Crippen LogP contribution in [0.1, 0.15) is 11.1 Å². The predicted octanol–water partition coefficient (Wildman–Crippen LogP) is 1.07. The third-order valence-corrected chi connectivity index (χ3v) is 7.32. The molecule has 2 aromatic carbocycles. The molecule has 11 heteroatoms. The Labute approximate surface area is 170 Å². The van der Waals surface area contributed by atoms with E-state index in [0.29, 0.717) is 23.5 Å². The van der Waals surface area contributed by atoms with Gasteiger partial charge in [-0.2, -0.15) is 4.31 Å². The summed E-state index contributed by atoms with van der Waals surface area (Å²) in [6.07, 6.45) is 0. The summed E-state index contributed by atoms with van der Waals surface area (Å²) in [6, 6.07) is 8.92. The van der Waals surface area contributed by atoms with Crippen molar-refractivity contribution in [2.75, 3.05) is 27.4 Å². The molecule has 29 heavy (non-hydrogen) atoms. The third kappa shape index (κ3) is 4.38. The first kappa shape index (κ1) is 21.5. The molecule has 1 aliphatic rings. The number of benzene rings is 2. The molecule has 1 aliphatic heterocycles. The largest absolute Gasteiger partial charge is 0.493 e. The summed E-state index contributed by atoms with van der Waals surface area (Å²) >= 11 is 0. The molecule has 0 unspecified atom stereocenters. The van der Waals surface area contributed by atoms with Crippen molar-refractivity contribution in [2.45, 2.75) is 22.9 Å². The molecule has 1 heterocycles. The normalized spacial score (nSPS) is 14.6. The molecule has 2 aromatic rings. The number of primary sulfonamides is 1. The molecule has 0 saturated heterocycles. The molecule has 2 N–H and O–H groups in total. The maximum absolute atomic E-state index is 13.2. The standard InChI is InChI=1S/C18H22N2O7S2/c1-25-8-9-27-17-10-14(6-7-16(17)26-2)29(23,24)20-11-13-4-3-5-18(15(13)12-20)28(19,21)22/h3-7,10H,8-9,11-12H2,1-2H3,(H2,19,21,22). The Hall–Kier alpha value is -2.18. The van der Waals surface area contributed by atoms with Gasteiger partial charge in [-0.15, -0.1) is 0 Å². The van der Waals surface area contributed by atoms with Gasteiger partial charge in [-0.25, -0.2) is 22.0 Å². The Bertz CT molecular complexity index is 1120. The van der Waals surface area contributed by atoms with Crippen molar-refractivity contribution in [1.29, 1.82) is 0 Å². The first-order valence-electron chi connectivity index (χ1n) is 8.62. The lowest BCUT2D eigenvalue weighted by molar-refractivity contribution is 0.144. The van der Waals surface area contributed by atoms with Gasteiger partial charge in [-0.1, -0.05) is 12.1 Å². The maximum Gasteiger partial charge on any atom is 0.243 e. The van der Waals surface area contributed by atoms with E-state index in [-0.39, 0.29) is 35.2 Å². The number of sulfonamides is 2. The number of nitrogens with zero attached hydrogens (tertiary/aromatic N) is 1. The second-order valence-electron chi connectivity index (χ2n) is 6.37. The van der Waals surface area contributed by atoms with Crippen LogP contribution in [-0.2, 0) is 37.9 Å². The van der Waals surface area contributed by atoms with E-state index >= 15 is 0 Å². The summed E-state index contributed by atoms with van der Waals surface area (Å²) in [7, 11) is -4.89. The minimum Gasteiger partial charge on any atom is -0.493 e. The van der Waals surface area contributed by atoms with Gasteiger partial charge in [0.1, 0.15) is 6.61 Å². The molecular formula is C18H22N2O7S2. The van der Waals surface area contributed by atoms with Gasteiger partial charge >= 0.3 is 0 Å². The second-order valence-corrected chi connectivity index (χ2v) is 9.83. The number of hydrogen-bond donors (Lipinski definition) is 1. The fraction of sp³-hybridized carbons (Fsp3) is 0.333. The van der Waals surface area contributed by atoms with Gasteiger partial charge in [0.15, 0.2) is 11.5 Å². The Morgan fingerprint density at radius 3 is 2.41 bits per heavy atom. The quantitative estimate of drug-likeness (QED) is 0.606. The van der Waals surface area contributed by atoms with Crippen LogP contribution in [0.4, 0.5) is 0 Å². The Morgan fingerprint density at radius 1 is 1.00 bits per heavy atom. The average Bonchev–Trinajstić information content (AvgIpc) is 3.12. The highest BCUT2D eigenvalue weighted by Crippen LogP contribution is 2.35. The zero-order valence-electron chi connectivity index (χ0n) is 16.0. The molecule has 0 aromatic heterocycles. The first-order chi connectivity index (χ1) is 13.7. The lowest BCUT2D eigenvalue weighted by Gasteiger charge is -2.17. The highest BCUT2D eigenvalue weighted by molar-refractivity contribution is 7.89. The van der Waals surface area contributed by atoms with Gasteiger partial charge in [0.05, 0.1) is 23.5 Å². The smallest absolute Gasteiger partial charge is 0.243 e. The van der Waals surface area contributed by atoms with E-state index in [9.17, 15) is 16.8 Å². The lowest BCUT2D eigenvalue weighted by atomic mass is 10.1. The van der Waals surface area contributed by atoms with Crippen molar-refractivity contribution in [3.05, 3.63) is 47.5 Å². The van der Waals surface area contributed by atoms with E-state index in [1.807, 2.05) is 0 Å². The van der Waals surface area contributed by atoms with E-state index in [0.717, 1.165) is 0 Å². The van der Waals surface area contributed by atoms with Crippen LogP contribution in [0.3, 0.4) is 0 Å². The number of ether oxygens (including phenoxy) is 3. The molecule has 0 fully saturated rings.